The first kappa shape index (κ1) is 20.5. The van der Waals surface area contributed by atoms with Gasteiger partial charge < -0.3 is 19.7 Å². The number of halogens is 3. The van der Waals surface area contributed by atoms with Crippen molar-refractivity contribution >= 4 is 0 Å². The van der Waals surface area contributed by atoms with Crippen molar-refractivity contribution in [3.63, 3.8) is 0 Å². The van der Waals surface area contributed by atoms with E-state index in [0.29, 0.717) is 24.7 Å². The summed E-state index contributed by atoms with van der Waals surface area (Å²) in [6.45, 7) is 5.91. The Morgan fingerprint density at radius 3 is 2.60 bits per heavy atom. The predicted octanol–water partition coefficient (Wildman–Crippen LogP) is 3.83. The highest BCUT2D eigenvalue weighted by molar-refractivity contribution is 5.61. The topological polar surface area (TPSA) is 101 Å². The van der Waals surface area contributed by atoms with E-state index in [1.54, 1.807) is 13.8 Å². The Morgan fingerprint density at radius 2 is 2.00 bits per heavy atom. The zero-order chi connectivity index (χ0) is 22.1. The van der Waals surface area contributed by atoms with Crippen LogP contribution in [0.2, 0.25) is 0 Å². The minimum atomic E-state index is -4.83. The third kappa shape index (κ3) is 2.62. The summed E-state index contributed by atoms with van der Waals surface area (Å²) >= 11 is 0. The molecule has 0 amide bonds. The van der Waals surface area contributed by atoms with Crippen molar-refractivity contribution in [1.29, 1.82) is 5.26 Å². The molecule has 2 N–H and O–H groups in total. The molecule has 1 fully saturated rings. The van der Waals surface area contributed by atoms with Crippen molar-refractivity contribution in [2.75, 3.05) is 6.61 Å². The first-order valence-electron chi connectivity index (χ1n) is 9.45. The second-order valence-electron chi connectivity index (χ2n) is 7.94. The molecule has 1 saturated heterocycles. The van der Waals surface area contributed by atoms with Crippen LogP contribution >= 0.6 is 0 Å². The lowest BCUT2D eigenvalue weighted by Gasteiger charge is -2.29. The van der Waals surface area contributed by atoms with E-state index < -0.39 is 40.4 Å². The van der Waals surface area contributed by atoms with Crippen molar-refractivity contribution in [3.8, 4) is 23.5 Å². The molecule has 4 rings (SSSR count). The SMILES string of the molecule is CCCO[C@H]1C[C@@]2(C)O[C@]1(C)c1c2c(O)n(-c2cnc(C#N)c(C(F)(F)F)c2)c1O. The van der Waals surface area contributed by atoms with Crippen molar-refractivity contribution in [3.05, 3.63) is 34.6 Å². The van der Waals surface area contributed by atoms with Crippen LogP contribution in [0.3, 0.4) is 0 Å². The van der Waals surface area contributed by atoms with E-state index >= 15 is 0 Å². The molecule has 10 heteroatoms. The van der Waals surface area contributed by atoms with Crippen LogP contribution < -0.4 is 0 Å². The van der Waals surface area contributed by atoms with Gasteiger partial charge in [-0.1, -0.05) is 6.92 Å². The number of fused-ring (bicyclic) bond motifs is 5. The number of ether oxygens (including phenoxy) is 2. The number of pyridine rings is 1. The highest BCUT2D eigenvalue weighted by Gasteiger charge is 2.65. The molecule has 2 aromatic rings. The van der Waals surface area contributed by atoms with Gasteiger partial charge in [0.2, 0.25) is 11.8 Å². The molecule has 2 bridgehead atoms. The maximum absolute atomic E-state index is 13.4. The molecule has 4 heterocycles. The maximum atomic E-state index is 13.4. The monoisotopic (exact) mass is 423 g/mol. The molecule has 0 unspecified atom stereocenters. The Hall–Kier alpha value is -2.77. The standard InChI is InChI=1S/C20H20F3N3O4/c1-4-5-29-13-7-18(2)14-15(19(13,3)30-18)17(28)26(16(14)27)10-6-11(20(21,22)23)12(8-24)25-9-10/h6,9,13,27-28H,4-5,7H2,1-3H3/t13-,18+,19-/m0/s1. The summed E-state index contributed by atoms with van der Waals surface area (Å²) in [4.78, 5) is 3.57. The molecule has 160 valence electrons. The molecular formula is C20H20F3N3O4. The number of rotatable bonds is 4. The molecule has 0 saturated carbocycles. The fourth-order valence-electron chi connectivity index (χ4n) is 4.61. The minimum Gasteiger partial charge on any atom is -0.494 e. The first-order valence-corrected chi connectivity index (χ1v) is 9.45. The van der Waals surface area contributed by atoms with Crippen LogP contribution in [0.1, 0.15) is 56.0 Å². The van der Waals surface area contributed by atoms with Crippen LogP contribution in [0.15, 0.2) is 12.3 Å². The van der Waals surface area contributed by atoms with Crippen molar-refractivity contribution in [2.24, 2.45) is 0 Å². The van der Waals surface area contributed by atoms with Gasteiger partial charge in [0.15, 0.2) is 5.69 Å². The summed E-state index contributed by atoms with van der Waals surface area (Å²) in [7, 11) is 0. The van der Waals surface area contributed by atoms with Gasteiger partial charge in [-0.15, -0.1) is 0 Å². The highest BCUT2D eigenvalue weighted by Crippen LogP contribution is 2.64. The first-order chi connectivity index (χ1) is 14.0. The van der Waals surface area contributed by atoms with E-state index in [9.17, 15) is 23.4 Å². The maximum Gasteiger partial charge on any atom is 0.419 e. The second kappa shape index (κ2) is 6.36. The Labute approximate surface area is 170 Å². The molecule has 0 aromatic carbocycles. The fraction of sp³-hybridized carbons (Fsp3) is 0.500. The summed E-state index contributed by atoms with van der Waals surface area (Å²) in [6, 6.07) is 2.09. The average molecular weight is 423 g/mol. The van der Waals surface area contributed by atoms with Crippen LogP contribution in [-0.4, -0.2) is 32.5 Å². The van der Waals surface area contributed by atoms with Gasteiger partial charge in [-0.05, 0) is 26.3 Å². The Balaban J connectivity index is 1.89. The van der Waals surface area contributed by atoms with E-state index in [1.807, 2.05) is 6.92 Å². The zero-order valence-corrected chi connectivity index (χ0v) is 16.5. The van der Waals surface area contributed by atoms with E-state index in [-0.39, 0.29) is 17.4 Å². The van der Waals surface area contributed by atoms with Gasteiger partial charge in [0, 0.05) is 13.0 Å². The normalized spacial score (nSPS) is 27.3. The number of aromatic nitrogens is 2. The lowest BCUT2D eigenvalue weighted by molar-refractivity contribution is -0.138. The smallest absolute Gasteiger partial charge is 0.419 e. The molecule has 0 radical (unpaired) electrons. The summed E-state index contributed by atoms with van der Waals surface area (Å²) in [6.07, 6.45) is -3.01. The van der Waals surface area contributed by atoms with Crippen LogP contribution in [0.4, 0.5) is 13.2 Å². The molecule has 7 nitrogen and oxygen atoms in total. The van der Waals surface area contributed by atoms with Gasteiger partial charge >= 0.3 is 6.18 Å². The van der Waals surface area contributed by atoms with Crippen LogP contribution in [-0.2, 0) is 26.9 Å². The molecule has 2 aliphatic rings. The van der Waals surface area contributed by atoms with Gasteiger partial charge in [-0.3, -0.25) is 0 Å². The van der Waals surface area contributed by atoms with Crippen LogP contribution in [0.25, 0.3) is 5.69 Å². The molecule has 30 heavy (non-hydrogen) atoms. The average Bonchev–Trinajstić information content (AvgIpc) is 3.19. The lowest BCUT2D eigenvalue weighted by atomic mass is 9.78. The number of alkyl halides is 3. The number of aromatic hydroxyl groups is 2. The molecule has 0 spiro atoms. The number of hydrogen-bond donors (Lipinski definition) is 2. The summed E-state index contributed by atoms with van der Waals surface area (Å²) in [5.41, 5.74) is -3.70. The third-order valence-corrected chi connectivity index (χ3v) is 5.84. The Morgan fingerprint density at radius 1 is 1.33 bits per heavy atom. The van der Waals surface area contributed by atoms with Gasteiger partial charge in [-0.25, -0.2) is 9.55 Å². The predicted molar refractivity (Wildman–Crippen MR) is 97.0 cm³/mol. The number of nitrogens with zero attached hydrogens (tertiary/aromatic N) is 3. The Bertz CT molecular complexity index is 1070. The lowest BCUT2D eigenvalue weighted by Crippen LogP contribution is -2.35. The quantitative estimate of drug-likeness (QED) is 0.775. The van der Waals surface area contributed by atoms with E-state index in [0.717, 1.165) is 17.2 Å². The molecule has 2 aliphatic heterocycles. The largest absolute Gasteiger partial charge is 0.494 e. The Kier molecular flexibility index (Phi) is 4.35. The van der Waals surface area contributed by atoms with Gasteiger partial charge in [0.25, 0.3) is 0 Å². The van der Waals surface area contributed by atoms with Crippen LogP contribution in [0, 0.1) is 11.3 Å². The molecular weight excluding hydrogens is 403 g/mol. The van der Waals surface area contributed by atoms with Gasteiger partial charge in [0.1, 0.15) is 11.7 Å². The minimum absolute atomic E-state index is 0.219. The summed E-state index contributed by atoms with van der Waals surface area (Å²) in [5, 5.41) is 30.8. The highest BCUT2D eigenvalue weighted by atomic mass is 19.4. The van der Waals surface area contributed by atoms with E-state index in [2.05, 4.69) is 4.98 Å². The molecule has 0 aliphatic carbocycles. The van der Waals surface area contributed by atoms with Gasteiger partial charge in [-0.2, -0.15) is 18.4 Å². The zero-order valence-electron chi connectivity index (χ0n) is 16.5. The van der Waals surface area contributed by atoms with Crippen LogP contribution in [0.5, 0.6) is 11.8 Å². The summed E-state index contributed by atoms with van der Waals surface area (Å²) in [5.74, 6) is -0.875. The van der Waals surface area contributed by atoms with Crippen molar-refractivity contribution < 1.29 is 32.9 Å². The number of hydrogen-bond acceptors (Lipinski definition) is 6. The third-order valence-electron chi connectivity index (χ3n) is 5.84. The van der Waals surface area contributed by atoms with E-state index in [4.69, 9.17) is 14.7 Å². The second-order valence-corrected chi connectivity index (χ2v) is 7.94. The van der Waals surface area contributed by atoms with Crippen molar-refractivity contribution in [2.45, 2.75) is 57.1 Å². The fourth-order valence-corrected chi connectivity index (χ4v) is 4.61. The number of nitriles is 1. The summed E-state index contributed by atoms with van der Waals surface area (Å²) < 4.78 is 53.0. The van der Waals surface area contributed by atoms with Gasteiger partial charge in [0.05, 0.1) is 40.3 Å². The molecule has 3 atom stereocenters. The van der Waals surface area contributed by atoms with Crippen molar-refractivity contribution in [1.82, 2.24) is 9.55 Å². The molecule has 2 aromatic heterocycles. The van der Waals surface area contributed by atoms with E-state index in [1.165, 1.54) is 6.07 Å².